The average Bonchev–Trinajstić information content (AvgIpc) is 2.50. The van der Waals surface area contributed by atoms with Crippen molar-refractivity contribution in [3.63, 3.8) is 0 Å². The van der Waals surface area contributed by atoms with E-state index < -0.39 is 11.6 Å². The van der Waals surface area contributed by atoms with Crippen LogP contribution in [0.1, 0.15) is 48.3 Å². The molecule has 0 saturated heterocycles. The van der Waals surface area contributed by atoms with Crippen molar-refractivity contribution in [1.82, 2.24) is 0 Å². The molecule has 0 aromatic heterocycles. The molecule has 2 aromatic carbocycles. The van der Waals surface area contributed by atoms with E-state index in [1.807, 2.05) is 12.1 Å². The Bertz CT molecular complexity index is 593. The van der Waals surface area contributed by atoms with Crippen molar-refractivity contribution in [1.29, 1.82) is 0 Å². The zero-order valence-corrected chi connectivity index (χ0v) is 13.0. The Morgan fingerprint density at radius 3 is 2.14 bits per heavy atom. The summed E-state index contributed by atoms with van der Waals surface area (Å²) in [6.45, 7) is 4.35. The summed E-state index contributed by atoms with van der Waals surface area (Å²) in [4.78, 5) is 0. The van der Waals surface area contributed by atoms with Crippen molar-refractivity contribution >= 4 is 11.6 Å². The highest BCUT2D eigenvalue weighted by atomic mass is 35.5. The molecule has 0 aliphatic carbocycles. The summed E-state index contributed by atoms with van der Waals surface area (Å²) in [7, 11) is 0. The summed E-state index contributed by atoms with van der Waals surface area (Å²) in [6.07, 6.45) is 1.57. The smallest absolute Gasteiger partial charge is 0.159 e. The van der Waals surface area contributed by atoms with E-state index in [-0.39, 0.29) is 5.38 Å². The molecule has 3 heteroatoms. The molecule has 2 aromatic rings. The minimum atomic E-state index is -0.831. The van der Waals surface area contributed by atoms with E-state index >= 15 is 0 Å². The van der Waals surface area contributed by atoms with Crippen LogP contribution in [0.5, 0.6) is 0 Å². The molecule has 0 aliphatic heterocycles. The van der Waals surface area contributed by atoms with E-state index in [9.17, 15) is 8.78 Å². The molecule has 0 heterocycles. The second-order valence-electron chi connectivity index (χ2n) is 5.40. The molecule has 2 atom stereocenters. The van der Waals surface area contributed by atoms with E-state index in [0.717, 1.165) is 18.1 Å². The second kappa shape index (κ2) is 7.04. The SMILES string of the molecule is CCC(C)c1ccc(C(Cl)Cc2ccc(F)c(F)c2)cc1. The van der Waals surface area contributed by atoms with Crippen molar-refractivity contribution < 1.29 is 8.78 Å². The third-order valence-corrected chi connectivity index (χ3v) is 4.28. The quantitative estimate of drug-likeness (QED) is 0.594. The lowest BCUT2D eigenvalue weighted by molar-refractivity contribution is 0.507. The molecule has 2 rings (SSSR count). The van der Waals surface area contributed by atoms with Gasteiger partial charge in [-0.2, -0.15) is 0 Å². The number of alkyl halides is 1. The topological polar surface area (TPSA) is 0 Å². The van der Waals surface area contributed by atoms with Crippen LogP contribution in [0, 0.1) is 11.6 Å². The predicted octanol–water partition coefficient (Wildman–Crippen LogP) is 6.00. The van der Waals surface area contributed by atoms with Gasteiger partial charge in [-0.15, -0.1) is 11.6 Å². The largest absolute Gasteiger partial charge is 0.204 e. The van der Waals surface area contributed by atoms with Crippen LogP contribution in [0.25, 0.3) is 0 Å². The van der Waals surface area contributed by atoms with Crippen LogP contribution in [0.4, 0.5) is 8.78 Å². The van der Waals surface area contributed by atoms with Gasteiger partial charge in [0.15, 0.2) is 11.6 Å². The van der Waals surface area contributed by atoms with Gasteiger partial charge in [0.2, 0.25) is 0 Å². The van der Waals surface area contributed by atoms with Crippen LogP contribution in [0.3, 0.4) is 0 Å². The van der Waals surface area contributed by atoms with Gasteiger partial charge in [0.25, 0.3) is 0 Å². The van der Waals surface area contributed by atoms with Gasteiger partial charge >= 0.3 is 0 Å². The van der Waals surface area contributed by atoms with E-state index in [1.165, 1.54) is 11.6 Å². The van der Waals surface area contributed by atoms with E-state index in [1.54, 1.807) is 6.07 Å². The van der Waals surface area contributed by atoms with Gasteiger partial charge < -0.3 is 0 Å². The average molecular weight is 309 g/mol. The van der Waals surface area contributed by atoms with Gasteiger partial charge in [-0.05, 0) is 47.6 Å². The summed E-state index contributed by atoms with van der Waals surface area (Å²) >= 11 is 6.38. The summed E-state index contributed by atoms with van der Waals surface area (Å²) in [5, 5.41) is -0.249. The normalized spacial score (nSPS) is 14.0. The van der Waals surface area contributed by atoms with Gasteiger partial charge in [0.1, 0.15) is 0 Å². The van der Waals surface area contributed by atoms with E-state index in [2.05, 4.69) is 26.0 Å². The molecule has 0 bridgehead atoms. The van der Waals surface area contributed by atoms with Crippen LogP contribution >= 0.6 is 11.6 Å². The number of halogens is 3. The predicted molar refractivity (Wildman–Crippen MR) is 83.8 cm³/mol. The van der Waals surface area contributed by atoms with Crippen molar-refractivity contribution in [2.45, 2.75) is 38.0 Å². The Balaban J connectivity index is 2.09. The molecule has 112 valence electrons. The number of hydrogen-bond donors (Lipinski definition) is 0. The molecule has 0 nitrogen and oxygen atoms in total. The third-order valence-electron chi connectivity index (χ3n) is 3.88. The summed E-state index contributed by atoms with van der Waals surface area (Å²) in [5.74, 6) is -1.13. The summed E-state index contributed by atoms with van der Waals surface area (Å²) in [5.41, 5.74) is 2.98. The molecule has 0 N–H and O–H groups in total. The van der Waals surface area contributed by atoms with Gasteiger partial charge in [-0.3, -0.25) is 0 Å². The Morgan fingerprint density at radius 1 is 0.952 bits per heavy atom. The van der Waals surface area contributed by atoms with Crippen molar-refractivity contribution in [3.8, 4) is 0 Å². The number of benzene rings is 2. The van der Waals surface area contributed by atoms with Crippen LogP contribution in [0.15, 0.2) is 42.5 Å². The van der Waals surface area contributed by atoms with Gasteiger partial charge in [-0.25, -0.2) is 8.78 Å². The van der Waals surface area contributed by atoms with Crippen molar-refractivity contribution in [3.05, 3.63) is 70.8 Å². The molecule has 0 fully saturated rings. The molecular formula is C18H19ClF2. The molecule has 0 aliphatic rings. The van der Waals surface area contributed by atoms with Crippen molar-refractivity contribution in [2.75, 3.05) is 0 Å². The third kappa shape index (κ3) is 4.04. The molecular weight excluding hydrogens is 290 g/mol. The Hall–Kier alpha value is -1.41. The van der Waals surface area contributed by atoms with Crippen LogP contribution in [-0.4, -0.2) is 0 Å². The molecule has 0 amide bonds. The zero-order valence-electron chi connectivity index (χ0n) is 12.2. The highest BCUT2D eigenvalue weighted by Gasteiger charge is 2.12. The maximum atomic E-state index is 13.2. The molecule has 0 saturated carbocycles. The lowest BCUT2D eigenvalue weighted by Gasteiger charge is -2.13. The second-order valence-corrected chi connectivity index (χ2v) is 5.92. The molecule has 2 unspecified atom stereocenters. The lowest BCUT2D eigenvalue weighted by Crippen LogP contribution is -1.98. The maximum absolute atomic E-state index is 13.2. The van der Waals surface area contributed by atoms with Gasteiger partial charge in [0, 0.05) is 0 Å². The van der Waals surface area contributed by atoms with Crippen LogP contribution in [-0.2, 0) is 6.42 Å². The Kier molecular flexibility index (Phi) is 5.35. The fourth-order valence-corrected chi connectivity index (χ4v) is 2.58. The van der Waals surface area contributed by atoms with Crippen molar-refractivity contribution in [2.24, 2.45) is 0 Å². The molecule has 21 heavy (non-hydrogen) atoms. The molecule has 0 spiro atoms. The van der Waals surface area contributed by atoms with E-state index in [0.29, 0.717) is 17.9 Å². The standard InChI is InChI=1S/C18H19ClF2/c1-3-12(2)14-5-7-15(8-6-14)16(19)10-13-4-9-17(20)18(21)11-13/h4-9,11-12,16H,3,10H2,1-2H3. The first-order valence-corrected chi connectivity index (χ1v) is 7.62. The Morgan fingerprint density at radius 2 is 1.57 bits per heavy atom. The minimum absolute atomic E-state index is 0.249. The number of hydrogen-bond acceptors (Lipinski definition) is 0. The maximum Gasteiger partial charge on any atom is 0.159 e. The minimum Gasteiger partial charge on any atom is -0.204 e. The lowest BCUT2D eigenvalue weighted by atomic mass is 9.96. The highest BCUT2D eigenvalue weighted by Crippen LogP contribution is 2.27. The first-order chi connectivity index (χ1) is 10.0. The van der Waals surface area contributed by atoms with Gasteiger partial charge in [-0.1, -0.05) is 44.2 Å². The number of rotatable bonds is 5. The summed E-state index contributed by atoms with van der Waals surface area (Å²) < 4.78 is 26.1. The van der Waals surface area contributed by atoms with Crippen LogP contribution < -0.4 is 0 Å². The fourth-order valence-electron chi connectivity index (χ4n) is 2.26. The first-order valence-electron chi connectivity index (χ1n) is 7.19. The fraction of sp³-hybridized carbons (Fsp3) is 0.333. The first kappa shape index (κ1) is 16.0. The van der Waals surface area contributed by atoms with E-state index in [4.69, 9.17) is 11.6 Å². The highest BCUT2D eigenvalue weighted by molar-refractivity contribution is 6.20. The van der Waals surface area contributed by atoms with Gasteiger partial charge in [0.05, 0.1) is 5.38 Å². The zero-order chi connectivity index (χ0) is 15.4. The Labute approximate surface area is 129 Å². The summed E-state index contributed by atoms with van der Waals surface area (Å²) in [6, 6.07) is 12.1. The monoisotopic (exact) mass is 308 g/mol. The van der Waals surface area contributed by atoms with Crippen LogP contribution in [0.2, 0.25) is 0 Å². The molecule has 0 radical (unpaired) electrons.